The van der Waals surface area contributed by atoms with Crippen molar-refractivity contribution in [3.63, 3.8) is 0 Å². The summed E-state index contributed by atoms with van der Waals surface area (Å²) in [5.41, 5.74) is 5.36. The molecule has 0 aromatic heterocycles. The number of ether oxygens (including phenoxy) is 2. The van der Waals surface area contributed by atoms with E-state index in [1.807, 2.05) is 0 Å². The van der Waals surface area contributed by atoms with Crippen molar-refractivity contribution in [2.75, 3.05) is 26.4 Å². The summed E-state index contributed by atoms with van der Waals surface area (Å²) in [4.78, 5) is 35.0. The predicted octanol–water partition coefficient (Wildman–Crippen LogP) is 14.9. The van der Waals surface area contributed by atoms with Crippen LogP contribution in [0.5, 0.6) is 0 Å². The minimum atomic E-state index is -4.40. The van der Waals surface area contributed by atoms with Crippen LogP contribution < -0.4 is 5.73 Å². The van der Waals surface area contributed by atoms with Crippen molar-refractivity contribution in [1.82, 2.24) is 0 Å². The van der Waals surface area contributed by atoms with E-state index in [1.165, 1.54) is 77.0 Å². The Morgan fingerprint density at radius 1 is 0.492 bits per heavy atom. The molecule has 0 saturated heterocycles. The summed E-state index contributed by atoms with van der Waals surface area (Å²) in [5.74, 6) is -0.883. The summed E-state index contributed by atoms with van der Waals surface area (Å²) in [5, 5.41) is 0. The summed E-state index contributed by atoms with van der Waals surface area (Å²) >= 11 is 0. The summed E-state index contributed by atoms with van der Waals surface area (Å²) in [6, 6.07) is 0. The van der Waals surface area contributed by atoms with Gasteiger partial charge in [0.15, 0.2) is 6.10 Å². The lowest BCUT2D eigenvalue weighted by atomic mass is 10.0. The number of carbonyl (C=O) groups excluding carboxylic acids is 2. The first kappa shape index (κ1) is 59.9. The van der Waals surface area contributed by atoms with Crippen LogP contribution in [-0.2, 0) is 32.7 Å². The van der Waals surface area contributed by atoms with Crippen LogP contribution in [0, 0.1) is 0 Å². The van der Waals surface area contributed by atoms with Gasteiger partial charge in [-0.05, 0) is 77.0 Å². The van der Waals surface area contributed by atoms with Crippen LogP contribution >= 0.6 is 7.82 Å². The number of rotatable bonds is 45. The highest BCUT2D eigenvalue weighted by Gasteiger charge is 2.26. The normalized spacial score (nSPS) is 14.0. The van der Waals surface area contributed by atoms with Gasteiger partial charge in [0.2, 0.25) is 0 Å². The second-order valence-electron chi connectivity index (χ2n) is 16.0. The zero-order valence-electron chi connectivity index (χ0n) is 39.8. The fraction of sp³-hybridized carbons (Fsp3) is 0.660. The minimum Gasteiger partial charge on any atom is -0.462 e. The molecule has 0 fully saturated rings. The average Bonchev–Trinajstić information content (AvgIpc) is 3.27. The van der Waals surface area contributed by atoms with Crippen LogP contribution in [0.2, 0.25) is 0 Å². The van der Waals surface area contributed by atoms with E-state index in [-0.39, 0.29) is 32.6 Å². The first-order valence-electron chi connectivity index (χ1n) is 24.7. The van der Waals surface area contributed by atoms with Crippen LogP contribution in [-0.4, -0.2) is 49.3 Å². The van der Waals surface area contributed by atoms with E-state index in [1.54, 1.807) is 0 Å². The number of phosphoric acid groups is 1. The lowest BCUT2D eigenvalue weighted by Gasteiger charge is -2.19. The van der Waals surface area contributed by atoms with E-state index in [0.717, 1.165) is 83.5 Å². The van der Waals surface area contributed by atoms with Crippen molar-refractivity contribution in [1.29, 1.82) is 0 Å². The molecule has 63 heavy (non-hydrogen) atoms. The molecule has 0 heterocycles. The van der Waals surface area contributed by atoms with Crippen LogP contribution in [0.4, 0.5) is 0 Å². The number of hydrogen-bond donors (Lipinski definition) is 2. The lowest BCUT2D eigenvalue weighted by molar-refractivity contribution is -0.161. The molecular formula is C53H90NO8P. The van der Waals surface area contributed by atoms with E-state index in [4.69, 9.17) is 24.3 Å². The molecule has 0 aliphatic heterocycles. The van der Waals surface area contributed by atoms with Gasteiger partial charge >= 0.3 is 19.8 Å². The van der Waals surface area contributed by atoms with Gasteiger partial charge in [-0.25, -0.2) is 4.57 Å². The number of allylic oxidation sites excluding steroid dienone is 16. The molecule has 0 spiro atoms. The monoisotopic (exact) mass is 900 g/mol. The summed E-state index contributed by atoms with van der Waals surface area (Å²) < 4.78 is 32.8. The average molecular weight is 900 g/mol. The van der Waals surface area contributed by atoms with E-state index >= 15 is 0 Å². The standard InChI is InChI=1S/C53H90NO8P/c1-3-5-7-9-11-13-15-17-19-20-21-22-23-24-25-26-27-28-29-30-32-34-36-38-40-42-44-46-53(56)62-51(50-61-63(57,58)60-48-47-54)49-59-52(55)45-43-41-39-37-35-33-31-18-16-14-12-10-8-6-4-2/h5,7,11,13,17,19,21-22,24-25,27-28,30,32,36,38,51H,3-4,6,8-10,12,14-16,18,20,23,26,29,31,33-35,37,39-50,54H2,1-2H3,(H,57,58)/b7-5-,13-11-,19-17-,22-21-,25-24-,28-27-,32-30-,38-36-. The molecule has 0 rings (SSSR count). The van der Waals surface area contributed by atoms with Crippen molar-refractivity contribution in [2.24, 2.45) is 5.73 Å². The number of unbranched alkanes of at least 4 members (excludes halogenated alkanes) is 16. The van der Waals surface area contributed by atoms with Crippen molar-refractivity contribution >= 4 is 19.8 Å². The molecule has 0 amide bonds. The summed E-state index contributed by atoms with van der Waals surface area (Å²) in [7, 11) is -4.40. The van der Waals surface area contributed by atoms with Crippen molar-refractivity contribution in [2.45, 2.75) is 200 Å². The SMILES string of the molecule is CC/C=C\C/C=C\C/C=C\C/C=C\C/C=C\C/C=C\C/C=C\C/C=C\CCCCC(=O)OC(COC(=O)CCCCCCCCCCCCCCCCC)COP(=O)(O)OCCN. The molecule has 0 aromatic carbocycles. The Morgan fingerprint density at radius 3 is 1.30 bits per heavy atom. The number of phosphoric ester groups is 1. The largest absolute Gasteiger partial charge is 0.472 e. The Balaban J connectivity index is 4.19. The molecule has 0 radical (unpaired) electrons. The van der Waals surface area contributed by atoms with Gasteiger partial charge in [0.1, 0.15) is 6.61 Å². The molecule has 0 aromatic rings. The molecule has 10 heteroatoms. The Bertz CT molecular complexity index is 1350. The molecule has 0 aliphatic rings. The van der Waals surface area contributed by atoms with Crippen molar-refractivity contribution in [3.05, 3.63) is 97.2 Å². The molecule has 3 N–H and O–H groups in total. The van der Waals surface area contributed by atoms with Gasteiger partial charge in [-0.15, -0.1) is 0 Å². The maximum atomic E-state index is 12.6. The van der Waals surface area contributed by atoms with E-state index in [9.17, 15) is 19.0 Å². The van der Waals surface area contributed by atoms with Crippen LogP contribution in [0.1, 0.15) is 194 Å². The summed E-state index contributed by atoms with van der Waals surface area (Å²) in [6.07, 6.45) is 63.0. The van der Waals surface area contributed by atoms with Gasteiger partial charge in [-0.2, -0.15) is 0 Å². The van der Waals surface area contributed by atoms with Crippen LogP contribution in [0.25, 0.3) is 0 Å². The zero-order chi connectivity index (χ0) is 46.0. The third kappa shape index (κ3) is 48.2. The highest BCUT2D eigenvalue weighted by atomic mass is 31.2. The van der Waals surface area contributed by atoms with Crippen molar-refractivity contribution in [3.8, 4) is 0 Å². The lowest BCUT2D eigenvalue weighted by Crippen LogP contribution is -2.29. The second-order valence-corrected chi connectivity index (χ2v) is 17.4. The molecule has 0 aliphatic carbocycles. The highest BCUT2D eigenvalue weighted by Crippen LogP contribution is 2.43. The highest BCUT2D eigenvalue weighted by molar-refractivity contribution is 7.47. The first-order valence-corrected chi connectivity index (χ1v) is 26.2. The maximum absolute atomic E-state index is 12.6. The number of esters is 2. The Labute approximate surface area is 385 Å². The molecule has 2 unspecified atom stereocenters. The second kappa shape index (κ2) is 48.4. The number of nitrogens with two attached hydrogens (primary N) is 1. The Morgan fingerprint density at radius 2 is 0.873 bits per heavy atom. The van der Waals surface area contributed by atoms with Crippen molar-refractivity contribution < 1.29 is 37.6 Å². The first-order chi connectivity index (χ1) is 30.8. The van der Waals surface area contributed by atoms with Gasteiger partial charge in [0.25, 0.3) is 0 Å². The number of carbonyl (C=O) groups is 2. The smallest absolute Gasteiger partial charge is 0.462 e. The van der Waals surface area contributed by atoms with E-state index in [2.05, 4.69) is 111 Å². The molecule has 2 atom stereocenters. The van der Waals surface area contributed by atoms with Crippen LogP contribution in [0.15, 0.2) is 97.2 Å². The van der Waals surface area contributed by atoms with E-state index < -0.39 is 32.5 Å². The van der Waals surface area contributed by atoms with Crippen LogP contribution in [0.3, 0.4) is 0 Å². The van der Waals surface area contributed by atoms with Gasteiger partial charge in [-0.3, -0.25) is 18.6 Å². The third-order valence-corrected chi connectivity index (χ3v) is 11.0. The number of hydrogen-bond acceptors (Lipinski definition) is 8. The molecule has 360 valence electrons. The maximum Gasteiger partial charge on any atom is 0.472 e. The predicted molar refractivity (Wildman–Crippen MR) is 265 cm³/mol. The molecule has 0 bridgehead atoms. The Kier molecular flexibility index (Phi) is 46.0. The van der Waals surface area contributed by atoms with E-state index in [0.29, 0.717) is 6.42 Å². The fourth-order valence-electron chi connectivity index (χ4n) is 6.36. The molecule has 0 saturated carbocycles. The van der Waals surface area contributed by atoms with Gasteiger partial charge in [0, 0.05) is 19.4 Å². The Hall–Kier alpha value is -3.07. The van der Waals surface area contributed by atoms with Gasteiger partial charge in [0.05, 0.1) is 13.2 Å². The van der Waals surface area contributed by atoms with Gasteiger partial charge < -0.3 is 20.1 Å². The quantitative estimate of drug-likeness (QED) is 0.0265. The minimum absolute atomic E-state index is 0.0419. The third-order valence-electron chi connectivity index (χ3n) is 9.98. The fourth-order valence-corrected chi connectivity index (χ4v) is 7.12. The van der Waals surface area contributed by atoms with Gasteiger partial charge in [-0.1, -0.05) is 201 Å². The zero-order valence-corrected chi connectivity index (χ0v) is 40.7. The molecular weight excluding hydrogens is 810 g/mol. The topological polar surface area (TPSA) is 134 Å². The molecule has 9 nitrogen and oxygen atoms in total. The summed E-state index contributed by atoms with van der Waals surface area (Å²) in [6.45, 7) is 3.57.